The second-order valence-corrected chi connectivity index (χ2v) is 16.0. The van der Waals surface area contributed by atoms with Gasteiger partial charge < -0.3 is 15.1 Å². The molecule has 4 aliphatic rings. The van der Waals surface area contributed by atoms with Crippen LogP contribution in [-0.2, 0) is 5.41 Å². The average molecular weight is 718 g/mol. The van der Waals surface area contributed by atoms with E-state index in [1.54, 1.807) is 17.4 Å². The van der Waals surface area contributed by atoms with Gasteiger partial charge in [0.05, 0.1) is 16.7 Å². The summed E-state index contributed by atoms with van der Waals surface area (Å²) in [6.07, 6.45) is 8.47. The van der Waals surface area contributed by atoms with E-state index in [1.807, 2.05) is 13.0 Å². The molecule has 1 saturated carbocycles. The summed E-state index contributed by atoms with van der Waals surface area (Å²) in [6, 6.07) is 27.3. The van der Waals surface area contributed by atoms with Crippen molar-refractivity contribution in [2.75, 3.05) is 4.90 Å². The molecule has 0 bridgehead atoms. The van der Waals surface area contributed by atoms with Crippen molar-refractivity contribution >= 4 is 52.3 Å². The summed E-state index contributed by atoms with van der Waals surface area (Å²) in [4.78, 5) is 54.2. The number of carbonyl (C=O) groups excluding carboxylic acids is 2. The zero-order chi connectivity index (χ0) is 36.9. The van der Waals surface area contributed by atoms with Crippen LogP contribution in [0.1, 0.15) is 108 Å². The number of hydrogen-bond donors (Lipinski definition) is 2. The number of anilines is 2. The van der Waals surface area contributed by atoms with Crippen LogP contribution in [0.25, 0.3) is 27.6 Å². The number of hydrogen-bond acceptors (Lipinski definition) is 6. The van der Waals surface area contributed by atoms with Gasteiger partial charge in [0.1, 0.15) is 0 Å². The highest BCUT2D eigenvalue weighted by molar-refractivity contribution is 7.16. The summed E-state index contributed by atoms with van der Waals surface area (Å²) < 4.78 is 0. The lowest BCUT2D eigenvalue weighted by Gasteiger charge is -2.28. The van der Waals surface area contributed by atoms with Crippen molar-refractivity contribution in [3.8, 4) is 21.6 Å². The lowest BCUT2D eigenvalue weighted by atomic mass is 9.82. The first kappa shape index (κ1) is 33.0. The summed E-state index contributed by atoms with van der Waals surface area (Å²) in [7, 11) is 0. The number of thiophene rings is 1. The lowest BCUT2D eigenvalue weighted by molar-refractivity contribution is 0.0651. The van der Waals surface area contributed by atoms with Crippen molar-refractivity contribution in [1.29, 1.82) is 0 Å². The Kier molecular flexibility index (Phi) is 7.37. The highest BCUT2D eigenvalue weighted by atomic mass is 32.1. The number of allylic oxidation sites excluding steroid dienone is 3. The summed E-state index contributed by atoms with van der Waals surface area (Å²) in [6.45, 7) is 6.67. The number of rotatable bonds is 6. The van der Waals surface area contributed by atoms with Crippen molar-refractivity contribution in [2.24, 2.45) is 0 Å². The smallest absolute Gasteiger partial charge is 0.336 e. The van der Waals surface area contributed by atoms with Crippen molar-refractivity contribution in [2.45, 2.75) is 57.4 Å². The highest BCUT2D eigenvalue weighted by Gasteiger charge is 2.43. The number of benzene rings is 4. The molecule has 7 nitrogen and oxygen atoms in total. The highest BCUT2D eigenvalue weighted by Crippen LogP contribution is 2.55. The number of Topliss-reactive ketones (excluding diaryl/α,β-unsaturated/α-hetero) is 2. The van der Waals surface area contributed by atoms with Gasteiger partial charge in [-0.1, -0.05) is 62.7 Å². The molecule has 1 aromatic heterocycles. The van der Waals surface area contributed by atoms with E-state index in [2.05, 4.69) is 85.5 Å². The molecule has 53 heavy (non-hydrogen) atoms. The van der Waals surface area contributed by atoms with Crippen LogP contribution in [0.4, 0.5) is 11.4 Å². The third-order valence-electron chi connectivity index (χ3n) is 11.7. The van der Waals surface area contributed by atoms with Gasteiger partial charge in [0.25, 0.3) is 0 Å². The van der Waals surface area contributed by atoms with Crippen LogP contribution in [0.5, 0.6) is 0 Å². The van der Waals surface area contributed by atoms with Crippen molar-refractivity contribution < 1.29 is 29.4 Å². The summed E-state index contributed by atoms with van der Waals surface area (Å²) in [5.74, 6) is -3.74. The van der Waals surface area contributed by atoms with Gasteiger partial charge in [-0.05, 0) is 113 Å². The summed E-state index contributed by atoms with van der Waals surface area (Å²) in [5.41, 5.74) is 10.2. The molecule has 2 atom stereocenters. The predicted molar refractivity (Wildman–Crippen MR) is 207 cm³/mol. The van der Waals surface area contributed by atoms with E-state index in [1.165, 1.54) is 58.1 Å². The summed E-state index contributed by atoms with van der Waals surface area (Å²) >= 11 is 1.64. The maximum atomic E-state index is 13.1. The summed E-state index contributed by atoms with van der Waals surface area (Å²) in [5, 5.41) is 18.9. The quantitative estimate of drug-likeness (QED) is 0.133. The van der Waals surface area contributed by atoms with E-state index in [0.717, 1.165) is 39.4 Å². The fourth-order valence-corrected chi connectivity index (χ4v) is 10.2. The van der Waals surface area contributed by atoms with Crippen molar-refractivity contribution in [1.82, 2.24) is 0 Å². The first-order valence-electron chi connectivity index (χ1n) is 17.8. The molecule has 4 aromatic carbocycles. The van der Waals surface area contributed by atoms with Gasteiger partial charge in [0.15, 0.2) is 11.6 Å². The standard InChI is InChI=1S/C45H35NO6S/c1-23-18-40(53-39(23)13-7-10-28-41(47)31-21-33(43(49)50)34(44(51)52)22-32(31)42(28)48)24-14-17-38-30(19-24)27-9-6-12-37(27)46(38)25-15-16-36-29(20-25)26-8-4-5-11-35(26)45(36,2)3/h4-5,7-8,10-11,13-22,27,37H,6,9,12H2,1-3H3,(H,49,50)(H,51,52)/b13-7+. The normalized spacial score (nSPS) is 19.0. The number of nitrogens with zero attached hydrogens (tertiary/aromatic N) is 1. The van der Waals surface area contributed by atoms with E-state index in [0.29, 0.717) is 12.0 Å². The molecule has 262 valence electrons. The third kappa shape index (κ3) is 4.92. The van der Waals surface area contributed by atoms with Crippen LogP contribution in [0.15, 0.2) is 96.6 Å². The molecule has 8 heteroatoms. The van der Waals surface area contributed by atoms with E-state index in [-0.39, 0.29) is 22.1 Å². The molecule has 0 amide bonds. The Morgan fingerprint density at radius 2 is 1.51 bits per heavy atom. The molecule has 1 fully saturated rings. The first-order chi connectivity index (χ1) is 25.4. The third-order valence-corrected chi connectivity index (χ3v) is 12.9. The Hall–Kier alpha value is -5.86. The van der Waals surface area contributed by atoms with Gasteiger partial charge in [-0.3, -0.25) is 9.59 Å². The topological polar surface area (TPSA) is 112 Å². The van der Waals surface area contributed by atoms with Gasteiger partial charge in [-0.25, -0.2) is 9.59 Å². The van der Waals surface area contributed by atoms with Crippen LogP contribution >= 0.6 is 11.3 Å². The fraction of sp³-hybridized carbons (Fsp3) is 0.200. The molecule has 0 spiro atoms. The van der Waals surface area contributed by atoms with E-state index < -0.39 is 34.6 Å². The minimum absolute atomic E-state index is 0.0269. The Morgan fingerprint density at radius 1 is 0.811 bits per heavy atom. The molecule has 2 unspecified atom stereocenters. The molecule has 1 aliphatic heterocycles. The molecule has 3 aliphatic carbocycles. The number of carboxylic acids is 2. The molecule has 0 saturated heterocycles. The van der Waals surface area contributed by atoms with E-state index in [4.69, 9.17) is 0 Å². The van der Waals surface area contributed by atoms with E-state index in [9.17, 15) is 29.4 Å². The van der Waals surface area contributed by atoms with Crippen molar-refractivity contribution in [3.05, 3.63) is 146 Å². The average Bonchev–Trinajstić information content (AvgIpc) is 3.93. The number of aromatic carboxylic acids is 2. The van der Waals surface area contributed by atoms with Crippen LogP contribution < -0.4 is 4.90 Å². The minimum Gasteiger partial charge on any atom is -0.478 e. The molecule has 0 radical (unpaired) electrons. The second kappa shape index (κ2) is 11.8. The van der Waals surface area contributed by atoms with Crippen LogP contribution in [0, 0.1) is 6.92 Å². The number of ketones is 2. The largest absolute Gasteiger partial charge is 0.478 e. The SMILES string of the molecule is Cc1cc(-c2ccc3c(c2)C2CCCC2N3c2ccc3c(c2)-c2ccccc2C3(C)C)sc1/C=C/C=C1C(=O)c2cc(C(=O)O)c(C(=O)O)cc2C1=O. The Bertz CT molecular complexity index is 2500. The lowest BCUT2D eigenvalue weighted by Crippen LogP contribution is -2.26. The minimum atomic E-state index is -1.48. The Balaban J connectivity index is 1.00. The molecule has 2 heterocycles. The van der Waals surface area contributed by atoms with Crippen LogP contribution in [0.2, 0.25) is 0 Å². The maximum absolute atomic E-state index is 13.1. The van der Waals surface area contributed by atoms with Crippen LogP contribution in [-0.4, -0.2) is 39.8 Å². The van der Waals surface area contributed by atoms with E-state index >= 15 is 0 Å². The first-order valence-corrected chi connectivity index (χ1v) is 18.7. The monoisotopic (exact) mass is 717 g/mol. The van der Waals surface area contributed by atoms with Crippen LogP contribution in [0.3, 0.4) is 0 Å². The zero-order valence-corrected chi connectivity index (χ0v) is 30.2. The Labute approximate surface area is 310 Å². The number of aryl methyl sites for hydroxylation is 1. The van der Waals surface area contributed by atoms with Gasteiger partial charge in [0.2, 0.25) is 0 Å². The Morgan fingerprint density at radius 3 is 2.23 bits per heavy atom. The van der Waals surface area contributed by atoms with Gasteiger partial charge >= 0.3 is 11.9 Å². The van der Waals surface area contributed by atoms with Gasteiger partial charge in [0, 0.05) is 49.6 Å². The predicted octanol–water partition coefficient (Wildman–Crippen LogP) is 10.2. The fourth-order valence-electron chi connectivity index (χ4n) is 9.11. The molecular formula is C45H35NO6S. The van der Waals surface area contributed by atoms with Gasteiger partial charge in [-0.15, -0.1) is 11.3 Å². The zero-order valence-electron chi connectivity index (χ0n) is 29.4. The molecular weight excluding hydrogens is 683 g/mol. The van der Waals surface area contributed by atoms with Gasteiger partial charge in [-0.2, -0.15) is 0 Å². The molecule has 2 N–H and O–H groups in total. The second-order valence-electron chi connectivity index (χ2n) is 15.0. The number of fused-ring (bicyclic) bond motifs is 7. The van der Waals surface area contributed by atoms with Crippen molar-refractivity contribution in [3.63, 3.8) is 0 Å². The number of carbonyl (C=O) groups is 4. The number of carboxylic acid groups (broad SMARTS) is 2. The molecule has 5 aromatic rings. The molecule has 9 rings (SSSR count). The maximum Gasteiger partial charge on any atom is 0.336 e.